The standard InChI is InChI=1S/C13H26N4O2/c1-10(12(18)16-13(19)14-2)17(3)9-6-11-4-7-15-8-5-11/h10-11,15H,4-9H2,1-3H3,(H2,14,16,18,19). The van der Waals surface area contributed by atoms with Gasteiger partial charge in [0.05, 0.1) is 6.04 Å². The summed E-state index contributed by atoms with van der Waals surface area (Å²) in [5.41, 5.74) is 0. The average molecular weight is 270 g/mol. The molecule has 0 saturated carbocycles. The van der Waals surface area contributed by atoms with E-state index in [0.29, 0.717) is 0 Å². The molecule has 1 fully saturated rings. The van der Waals surface area contributed by atoms with Crippen LogP contribution in [0.25, 0.3) is 0 Å². The highest BCUT2D eigenvalue weighted by molar-refractivity contribution is 5.96. The second-order valence-electron chi connectivity index (χ2n) is 5.21. The van der Waals surface area contributed by atoms with E-state index in [4.69, 9.17) is 0 Å². The van der Waals surface area contributed by atoms with E-state index in [-0.39, 0.29) is 11.9 Å². The van der Waals surface area contributed by atoms with Gasteiger partial charge in [0.15, 0.2) is 0 Å². The summed E-state index contributed by atoms with van der Waals surface area (Å²) in [5.74, 6) is 0.491. The van der Waals surface area contributed by atoms with Gasteiger partial charge in [-0.15, -0.1) is 0 Å². The Morgan fingerprint density at radius 2 is 2.00 bits per heavy atom. The van der Waals surface area contributed by atoms with E-state index in [0.717, 1.165) is 32.0 Å². The summed E-state index contributed by atoms with van der Waals surface area (Å²) in [6.07, 6.45) is 3.54. The maximum absolute atomic E-state index is 11.8. The minimum Gasteiger partial charge on any atom is -0.341 e. The van der Waals surface area contributed by atoms with Gasteiger partial charge in [0.2, 0.25) is 5.91 Å². The lowest BCUT2D eigenvalue weighted by Gasteiger charge is -2.27. The molecule has 1 unspecified atom stereocenters. The molecule has 1 saturated heterocycles. The van der Waals surface area contributed by atoms with Gasteiger partial charge in [-0.05, 0) is 58.8 Å². The van der Waals surface area contributed by atoms with Gasteiger partial charge in [0.1, 0.15) is 0 Å². The molecule has 1 aliphatic heterocycles. The van der Waals surface area contributed by atoms with Gasteiger partial charge in [-0.3, -0.25) is 15.0 Å². The third-order valence-corrected chi connectivity index (χ3v) is 3.85. The van der Waals surface area contributed by atoms with Crippen molar-refractivity contribution >= 4 is 11.9 Å². The van der Waals surface area contributed by atoms with Crippen LogP contribution >= 0.6 is 0 Å². The Balaban J connectivity index is 2.28. The third kappa shape index (κ3) is 5.57. The van der Waals surface area contributed by atoms with Crippen molar-refractivity contribution in [2.45, 2.75) is 32.2 Å². The molecular formula is C13H26N4O2. The molecule has 3 amide bonds. The molecule has 110 valence electrons. The third-order valence-electron chi connectivity index (χ3n) is 3.85. The number of hydrogen-bond acceptors (Lipinski definition) is 4. The quantitative estimate of drug-likeness (QED) is 0.665. The molecule has 0 aromatic heterocycles. The molecule has 1 heterocycles. The molecule has 0 aromatic rings. The molecule has 0 aromatic carbocycles. The number of nitrogens with one attached hydrogen (secondary N) is 3. The van der Waals surface area contributed by atoms with Crippen LogP contribution in [-0.4, -0.2) is 56.6 Å². The summed E-state index contributed by atoms with van der Waals surface area (Å²) in [7, 11) is 3.42. The second kappa shape index (κ2) is 8.12. The number of hydrogen-bond donors (Lipinski definition) is 3. The fraction of sp³-hybridized carbons (Fsp3) is 0.846. The van der Waals surface area contributed by atoms with Crippen molar-refractivity contribution < 1.29 is 9.59 Å². The lowest BCUT2D eigenvalue weighted by atomic mass is 9.94. The van der Waals surface area contributed by atoms with E-state index in [9.17, 15) is 9.59 Å². The van der Waals surface area contributed by atoms with E-state index >= 15 is 0 Å². The van der Waals surface area contributed by atoms with Crippen LogP contribution in [0, 0.1) is 5.92 Å². The number of piperidine rings is 1. The van der Waals surface area contributed by atoms with Crippen molar-refractivity contribution in [1.29, 1.82) is 0 Å². The van der Waals surface area contributed by atoms with Gasteiger partial charge >= 0.3 is 6.03 Å². The summed E-state index contributed by atoms with van der Waals surface area (Å²) < 4.78 is 0. The highest BCUT2D eigenvalue weighted by Crippen LogP contribution is 2.16. The molecule has 1 rings (SSSR count). The van der Waals surface area contributed by atoms with Crippen LogP contribution in [0.15, 0.2) is 0 Å². The smallest absolute Gasteiger partial charge is 0.321 e. The number of carbonyl (C=O) groups excluding carboxylic acids is 2. The monoisotopic (exact) mass is 270 g/mol. The molecular weight excluding hydrogens is 244 g/mol. The van der Waals surface area contributed by atoms with Crippen molar-refractivity contribution in [3.63, 3.8) is 0 Å². The molecule has 19 heavy (non-hydrogen) atoms. The number of likely N-dealkylation sites (N-methyl/N-ethyl adjacent to an activating group) is 1. The number of urea groups is 1. The molecule has 6 heteroatoms. The van der Waals surface area contributed by atoms with E-state index in [1.807, 2.05) is 18.9 Å². The molecule has 0 radical (unpaired) electrons. The Bertz CT molecular complexity index is 303. The van der Waals surface area contributed by atoms with Gasteiger partial charge in [-0.25, -0.2) is 4.79 Å². The average Bonchev–Trinajstić information content (AvgIpc) is 2.44. The fourth-order valence-corrected chi connectivity index (χ4v) is 2.23. The topological polar surface area (TPSA) is 73.5 Å². The number of carbonyl (C=O) groups is 2. The van der Waals surface area contributed by atoms with Gasteiger partial charge in [0.25, 0.3) is 0 Å². The Morgan fingerprint density at radius 3 is 2.58 bits per heavy atom. The van der Waals surface area contributed by atoms with E-state index in [2.05, 4.69) is 16.0 Å². The van der Waals surface area contributed by atoms with Crippen LogP contribution < -0.4 is 16.0 Å². The first-order chi connectivity index (χ1) is 9.04. The Kier molecular flexibility index (Phi) is 6.80. The highest BCUT2D eigenvalue weighted by Gasteiger charge is 2.21. The summed E-state index contributed by atoms with van der Waals surface area (Å²) in [5, 5.41) is 8.03. The largest absolute Gasteiger partial charge is 0.341 e. The predicted molar refractivity (Wildman–Crippen MR) is 74.9 cm³/mol. The lowest BCUT2D eigenvalue weighted by Crippen LogP contribution is -2.48. The van der Waals surface area contributed by atoms with Gasteiger partial charge < -0.3 is 10.6 Å². The minimum absolute atomic E-state index is 0.257. The predicted octanol–water partition coefficient (Wildman–Crippen LogP) is 0.152. The first-order valence-corrected chi connectivity index (χ1v) is 6.98. The Hall–Kier alpha value is -1.14. The highest BCUT2D eigenvalue weighted by atomic mass is 16.2. The number of rotatable bonds is 5. The number of imide groups is 1. The Labute approximate surface area is 115 Å². The van der Waals surface area contributed by atoms with Crippen LogP contribution in [0.2, 0.25) is 0 Å². The van der Waals surface area contributed by atoms with Crippen LogP contribution in [0.5, 0.6) is 0 Å². The van der Waals surface area contributed by atoms with Crippen LogP contribution in [-0.2, 0) is 4.79 Å². The molecule has 0 spiro atoms. The van der Waals surface area contributed by atoms with E-state index in [1.54, 1.807) is 0 Å². The molecule has 3 N–H and O–H groups in total. The van der Waals surface area contributed by atoms with Gasteiger partial charge in [0, 0.05) is 7.05 Å². The summed E-state index contributed by atoms with van der Waals surface area (Å²) >= 11 is 0. The maximum Gasteiger partial charge on any atom is 0.321 e. The van der Waals surface area contributed by atoms with Crippen molar-refractivity contribution in [1.82, 2.24) is 20.9 Å². The maximum atomic E-state index is 11.8. The zero-order valence-electron chi connectivity index (χ0n) is 12.2. The fourth-order valence-electron chi connectivity index (χ4n) is 2.23. The van der Waals surface area contributed by atoms with Crippen LogP contribution in [0.1, 0.15) is 26.2 Å². The molecule has 6 nitrogen and oxygen atoms in total. The first-order valence-electron chi connectivity index (χ1n) is 6.98. The van der Waals surface area contributed by atoms with Crippen molar-refractivity contribution in [2.24, 2.45) is 5.92 Å². The Morgan fingerprint density at radius 1 is 1.37 bits per heavy atom. The summed E-state index contributed by atoms with van der Waals surface area (Å²) in [6.45, 7) is 4.90. The van der Waals surface area contributed by atoms with E-state index < -0.39 is 6.03 Å². The zero-order chi connectivity index (χ0) is 14.3. The zero-order valence-corrected chi connectivity index (χ0v) is 12.2. The van der Waals surface area contributed by atoms with E-state index in [1.165, 1.54) is 19.9 Å². The van der Waals surface area contributed by atoms with Gasteiger partial charge in [-0.1, -0.05) is 0 Å². The molecule has 0 aliphatic carbocycles. The van der Waals surface area contributed by atoms with Crippen molar-refractivity contribution in [3.05, 3.63) is 0 Å². The van der Waals surface area contributed by atoms with Crippen molar-refractivity contribution in [3.8, 4) is 0 Å². The summed E-state index contributed by atoms with van der Waals surface area (Å²) in [4.78, 5) is 24.9. The molecule has 0 bridgehead atoms. The van der Waals surface area contributed by atoms with Crippen LogP contribution in [0.3, 0.4) is 0 Å². The lowest BCUT2D eigenvalue weighted by molar-refractivity contribution is -0.124. The number of amides is 3. The molecule has 1 aliphatic rings. The minimum atomic E-state index is -0.455. The van der Waals surface area contributed by atoms with Crippen molar-refractivity contribution in [2.75, 3.05) is 33.7 Å². The normalized spacial score (nSPS) is 18.1. The molecule has 1 atom stereocenters. The van der Waals surface area contributed by atoms with Crippen LogP contribution in [0.4, 0.5) is 4.79 Å². The first kappa shape index (κ1) is 15.9. The number of nitrogens with zero attached hydrogens (tertiary/aromatic N) is 1. The summed E-state index contributed by atoms with van der Waals surface area (Å²) in [6, 6.07) is -0.748. The SMILES string of the molecule is CNC(=O)NC(=O)C(C)N(C)CCC1CCNCC1. The second-order valence-corrected chi connectivity index (χ2v) is 5.21. The van der Waals surface area contributed by atoms with Gasteiger partial charge in [-0.2, -0.15) is 0 Å².